The van der Waals surface area contributed by atoms with Crippen LogP contribution < -0.4 is 15.5 Å². The molecular weight excluding hydrogens is 350 g/mol. The Morgan fingerprint density at radius 2 is 1.89 bits per heavy atom. The van der Waals surface area contributed by atoms with Gasteiger partial charge in [-0.15, -0.1) is 0 Å². The van der Waals surface area contributed by atoms with Crippen LogP contribution >= 0.6 is 0 Å². The van der Waals surface area contributed by atoms with Crippen molar-refractivity contribution in [3.05, 3.63) is 42.4 Å². The molecule has 0 spiro atoms. The van der Waals surface area contributed by atoms with E-state index in [0.717, 1.165) is 31.1 Å². The maximum absolute atomic E-state index is 12.2. The normalized spacial score (nSPS) is 14.9. The van der Waals surface area contributed by atoms with E-state index >= 15 is 0 Å². The molecule has 6 nitrogen and oxygen atoms in total. The van der Waals surface area contributed by atoms with Crippen molar-refractivity contribution < 1.29 is 4.79 Å². The SMILES string of the molecule is CC(C)CCNC(=O)c1cc(Nc2ccc(N3CCC(C)CC3)cc2)ncn1. The van der Waals surface area contributed by atoms with Gasteiger partial charge in [-0.2, -0.15) is 0 Å². The molecule has 2 N–H and O–H groups in total. The summed E-state index contributed by atoms with van der Waals surface area (Å²) in [6.45, 7) is 9.49. The first-order valence-corrected chi connectivity index (χ1v) is 10.2. The number of benzene rings is 1. The predicted octanol–water partition coefficient (Wildman–Crippen LogP) is 4.23. The topological polar surface area (TPSA) is 70.2 Å². The van der Waals surface area contributed by atoms with Crippen LogP contribution in [-0.4, -0.2) is 35.5 Å². The van der Waals surface area contributed by atoms with Gasteiger partial charge in [0, 0.05) is 37.1 Å². The highest BCUT2D eigenvalue weighted by atomic mass is 16.1. The first-order chi connectivity index (χ1) is 13.5. The van der Waals surface area contributed by atoms with E-state index in [4.69, 9.17) is 0 Å². The summed E-state index contributed by atoms with van der Waals surface area (Å²) in [5, 5.41) is 6.17. The van der Waals surface area contributed by atoms with Crippen LogP contribution in [-0.2, 0) is 0 Å². The number of amides is 1. The molecule has 2 aromatic rings. The van der Waals surface area contributed by atoms with Crippen molar-refractivity contribution in [1.82, 2.24) is 15.3 Å². The van der Waals surface area contributed by atoms with Crippen molar-refractivity contribution in [2.24, 2.45) is 11.8 Å². The van der Waals surface area contributed by atoms with Crippen LogP contribution in [0.15, 0.2) is 36.7 Å². The number of hydrogen-bond donors (Lipinski definition) is 2. The average Bonchev–Trinajstić information content (AvgIpc) is 2.69. The monoisotopic (exact) mass is 381 g/mol. The highest BCUT2D eigenvalue weighted by molar-refractivity contribution is 5.92. The first kappa shape index (κ1) is 20.1. The molecule has 6 heteroatoms. The third-order valence-electron chi connectivity index (χ3n) is 5.20. The largest absolute Gasteiger partial charge is 0.372 e. The Kier molecular flexibility index (Phi) is 6.85. The number of anilines is 3. The van der Waals surface area contributed by atoms with Crippen LogP contribution in [0.4, 0.5) is 17.2 Å². The van der Waals surface area contributed by atoms with Gasteiger partial charge in [-0.1, -0.05) is 20.8 Å². The summed E-state index contributed by atoms with van der Waals surface area (Å²) in [7, 11) is 0. The Hall–Kier alpha value is -2.63. The molecule has 1 aliphatic heterocycles. The quantitative estimate of drug-likeness (QED) is 0.751. The number of hydrogen-bond acceptors (Lipinski definition) is 5. The van der Waals surface area contributed by atoms with Crippen LogP contribution in [0, 0.1) is 11.8 Å². The van der Waals surface area contributed by atoms with Gasteiger partial charge in [0.1, 0.15) is 17.8 Å². The summed E-state index contributed by atoms with van der Waals surface area (Å²) in [6.07, 6.45) is 4.87. The van der Waals surface area contributed by atoms with Gasteiger partial charge >= 0.3 is 0 Å². The maximum atomic E-state index is 12.2. The minimum Gasteiger partial charge on any atom is -0.372 e. The maximum Gasteiger partial charge on any atom is 0.270 e. The molecule has 150 valence electrons. The van der Waals surface area contributed by atoms with E-state index in [2.05, 4.69) is 70.5 Å². The molecule has 0 atom stereocenters. The van der Waals surface area contributed by atoms with Crippen LogP contribution in [0.1, 0.15) is 50.5 Å². The molecule has 1 aliphatic rings. The summed E-state index contributed by atoms with van der Waals surface area (Å²) in [6, 6.07) is 10.1. The summed E-state index contributed by atoms with van der Waals surface area (Å²) in [5.41, 5.74) is 2.57. The fraction of sp³-hybridized carbons (Fsp3) is 0.500. The molecule has 0 aliphatic carbocycles. The van der Waals surface area contributed by atoms with Gasteiger partial charge in [-0.05, 0) is 55.4 Å². The standard InChI is InChI=1S/C22H31N5O/c1-16(2)8-11-23-22(28)20-14-21(25-15-24-20)26-18-4-6-19(7-5-18)27-12-9-17(3)10-13-27/h4-7,14-17H,8-13H2,1-3H3,(H,23,28)(H,24,25,26). The van der Waals surface area contributed by atoms with Crippen molar-refractivity contribution in [3.8, 4) is 0 Å². The van der Waals surface area contributed by atoms with E-state index in [0.29, 0.717) is 24.0 Å². The highest BCUT2D eigenvalue weighted by Gasteiger charge is 2.16. The minimum absolute atomic E-state index is 0.166. The van der Waals surface area contributed by atoms with E-state index in [1.807, 2.05) is 0 Å². The Bertz CT molecular complexity index is 767. The molecule has 1 fully saturated rings. The van der Waals surface area contributed by atoms with Crippen molar-refractivity contribution >= 4 is 23.1 Å². The van der Waals surface area contributed by atoms with Gasteiger partial charge < -0.3 is 15.5 Å². The molecule has 1 aromatic heterocycles. The van der Waals surface area contributed by atoms with E-state index in [1.54, 1.807) is 6.07 Å². The fourth-order valence-electron chi connectivity index (χ4n) is 3.29. The van der Waals surface area contributed by atoms with Crippen molar-refractivity contribution in [2.45, 2.75) is 40.0 Å². The van der Waals surface area contributed by atoms with Crippen LogP contribution in [0.2, 0.25) is 0 Å². The van der Waals surface area contributed by atoms with Crippen LogP contribution in [0.5, 0.6) is 0 Å². The zero-order chi connectivity index (χ0) is 19.9. The molecule has 28 heavy (non-hydrogen) atoms. The number of nitrogens with zero attached hydrogens (tertiary/aromatic N) is 3. The molecular formula is C22H31N5O. The van der Waals surface area contributed by atoms with Gasteiger partial charge in [-0.25, -0.2) is 9.97 Å². The lowest BCUT2D eigenvalue weighted by molar-refractivity contribution is 0.0947. The molecule has 1 aromatic carbocycles. The molecule has 1 amide bonds. The van der Waals surface area contributed by atoms with Gasteiger partial charge in [0.2, 0.25) is 0 Å². The lowest BCUT2D eigenvalue weighted by atomic mass is 9.99. The number of aromatic nitrogens is 2. The highest BCUT2D eigenvalue weighted by Crippen LogP contribution is 2.25. The molecule has 1 saturated heterocycles. The Morgan fingerprint density at radius 1 is 1.18 bits per heavy atom. The number of piperidine rings is 1. The second kappa shape index (κ2) is 9.53. The lowest BCUT2D eigenvalue weighted by Crippen LogP contribution is -2.32. The number of rotatable bonds is 7. The lowest BCUT2D eigenvalue weighted by Gasteiger charge is -2.32. The fourth-order valence-corrected chi connectivity index (χ4v) is 3.29. The number of nitrogens with one attached hydrogen (secondary N) is 2. The summed E-state index contributed by atoms with van der Waals surface area (Å²) in [4.78, 5) is 23.0. The predicted molar refractivity (Wildman–Crippen MR) is 114 cm³/mol. The van der Waals surface area contributed by atoms with Gasteiger partial charge in [0.15, 0.2) is 0 Å². The zero-order valence-electron chi connectivity index (χ0n) is 17.1. The van der Waals surface area contributed by atoms with E-state index in [9.17, 15) is 4.79 Å². The summed E-state index contributed by atoms with van der Waals surface area (Å²) < 4.78 is 0. The third kappa shape index (κ3) is 5.68. The zero-order valence-corrected chi connectivity index (χ0v) is 17.1. The minimum atomic E-state index is -0.166. The third-order valence-corrected chi connectivity index (χ3v) is 5.20. The van der Waals surface area contributed by atoms with Gasteiger partial charge in [0.05, 0.1) is 0 Å². The summed E-state index contributed by atoms with van der Waals surface area (Å²) in [5.74, 6) is 1.83. The molecule has 0 radical (unpaired) electrons. The smallest absolute Gasteiger partial charge is 0.270 e. The second-order valence-electron chi connectivity index (χ2n) is 8.07. The average molecular weight is 382 g/mol. The van der Waals surface area contributed by atoms with Gasteiger partial charge in [-0.3, -0.25) is 4.79 Å². The number of carbonyl (C=O) groups is 1. The van der Waals surface area contributed by atoms with Gasteiger partial charge in [0.25, 0.3) is 5.91 Å². The number of carbonyl (C=O) groups excluding carboxylic acids is 1. The van der Waals surface area contributed by atoms with E-state index in [-0.39, 0.29) is 5.91 Å². The molecule has 0 unspecified atom stereocenters. The molecule has 0 bridgehead atoms. The Morgan fingerprint density at radius 3 is 2.57 bits per heavy atom. The Labute approximate surface area is 167 Å². The van der Waals surface area contributed by atoms with E-state index < -0.39 is 0 Å². The van der Waals surface area contributed by atoms with Crippen LogP contribution in [0.3, 0.4) is 0 Å². The molecule has 3 rings (SSSR count). The van der Waals surface area contributed by atoms with Crippen molar-refractivity contribution in [2.75, 3.05) is 29.9 Å². The first-order valence-electron chi connectivity index (χ1n) is 10.2. The molecule has 0 saturated carbocycles. The van der Waals surface area contributed by atoms with Crippen molar-refractivity contribution in [1.29, 1.82) is 0 Å². The van der Waals surface area contributed by atoms with Crippen molar-refractivity contribution in [3.63, 3.8) is 0 Å². The Balaban J connectivity index is 1.58. The molecule has 2 heterocycles. The van der Waals surface area contributed by atoms with E-state index in [1.165, 1.54) is 24.9 Å². The summed E-state index contributed by atoms with van der Waals surface area (Å²) >= 11 is 0. The second-order valence-corrected chi connectivity index (χ2v) is 8.07. The van der Waals surface area contributed by atoms with Crippen LogP contribution in [0.25, 0.3) is 0 Å².